The largest absolute Gasteiger partial charge is 0.367 e. The second kappa shape index (κ2) is 6.43. The first-order valence-corrected chi connectivity index (χ1v) is 9.00. The fourth-order valence-corrected chi connectivity index (χ4v) is 4.22. The summed E-state index contributed by atoms with van der Waals surface area (Å²) in [6, 6.07) is 10.5. The Bertz CT molecular complexity index is 784. The molecule has 1 aliphatic heterocycles. The number of carbonyl (C=O) groups excluding carboxylic acids is 1. The Morgan fingerprint density at radius 3 is 2.84 bits per heavy atom. The van der Waals surface area contributed by atoms with Crippen molar-refractivity contribution >= 4 is 17.4 Å². The zero-order valence-electron chi connectivity index (χ0n) is 14.8. The Balaban J connectivity index is 1.42. The van der Waals surface area contributed by atoms with E-state index in [0.29, 0.717) is 12.6 Å². The van der Waals surface area contributed by atoms with Gasteiger partial charge in [-0.3, -0.25) is 4.68 Å². The number of nitrogens with zero attached hydrogens (tertiary/aromatic N) is 3. The van der Waals surface area contributed by atoms with Gasteiger partial charge in [0, 0.05) is 19.6 Å². The molecule has 132 valence electrons. The Labute approximate surface area is 148 Å². The summed E-state index contributed by atoms with van der Waals surface area (Å²) in [5.41, 5.74) is 3.96. The minimum absolute atomic E-state index is 0.185. The summed E-state index contributed by atoms with van der Waals surface area (Å²) in [5, 5.41) is 10.2. The van der Waals surface area contributed by atoms with Gasteiger partial charge < -0.3 is 15.5 Å². The predicted octanol–water partition coefficient (Wildman–Crippen LogP) is 3.04. The van der Waals surface area contributed by atoms with E-state index in [1.165, 1.54) is 19.3 Å². The minimum Gasteiger partial charge on any atom is -0.367 e. The van der Waals surface area contributed by atoms with E-state index in [-0.39, 0.29) is 6.03 Å². The summed E-state index contributed by atoms with van der Waals surface area (Å²) >= 11 is 0. The predicted molar refractivity (Wildman–Crippen MR) is 98.7 cm³/mol. The molecular formula is C19H25N5O. The topological polar surface area (TPSA) is 62.2 Å². The van der Waals surface area contributed by atoms with Crippen molar-refractivity contribution < 1.29 is 4.79 Å². The maximum atomic E-state index is 12.4. The molecule has 6 nitrogen and oxygen atoms in total. The molecule has 25 heavy (non-hydrogen) atoms. The number of nitrogens with one attached hydrogen (secondary N) is 2. The highest BCUT2D eigenvalue weighted by atomic mass is 16.2. The van der Waals surface area contributed by atoms with E-state index in [4.69, 9.17) is 0 Å². The number of aryl methyl sites for hydroxylation is 2. The summed E-state index contributed by atoms with van der Waals surface area (Å²) in [4.78, 5) is 14.8. The third-order valence-corrected chi connectivity index (χ3v) is 5.40. The molecule has 1 saturated carbocycles. The second-order valence-corrected chi connectivity index (χ2v) is 7.21. The highest BCUT2D eigenvalue weighted by Crippen LogP contribution is 2.42. The van der Waals surface area contributed by atoms with Gasteiger partial charge in [-0.1, -0.05) is 12.1 Å². The van der Waals surface area contributed by atoms with Gasteiger partial charge in [0.2, 0.25) is 0 Å². The van der Waals surface area contributed by atoms with Crippen LogP contribution in [0.3, 0.4) is 0 Å². The summed E-state index contributed by atoms with van der Waals surface area (Å²) in [7, 11) is 1.89. The van der Waals surface area contributed by atoms with Crippen molar-refractivity contribution in [3.05, 3.63) is 41.7 Å². The van der Waals surface area contributed by atoms with Crippen LogP contribution in [0.4, 0.5) is 16.2 Å². The first-order chi connectivity index (χ1) is 12.1. The molecule has 6 heteroatoms. The van der Waals surface area contributed by atoms with E-state index < -0.39 is 0 Å². The van der Waals surface area contributed by atoms with Crippen LogP contribution in [0.15, 0.2) is 30.3 Å². The van der Waals surface area contributed by atoms with E-state index >= 15 is 0 Å². The van der Waals surface area contributed by atoms with E-state index in [0.717, 1.165) is 35.2 Å². The van der Waals surface area contributed by atoms with Crippen LogP contribution >= 0.6 is 0 Å². The number of rotatable bonds is 4. The molecule has 0 spiro atoms. The van der Waals surface area contributed by atoms with Gasteiger partial charge >= 0.3 is 6.03 Å². The molecule has 2 amide bonds. The number of aromatic nitrogens is 2. The van der Waals surface area contributed by atoms with Crippen LogP contribution in [0.1, 0.15) is 30.7 Å². The number of benzene rings is 1. The molecule has 4 rings (SSSR count). The molecule has 1 aliphatic carbocycles. The molecule has 2 aromatic rings. The van der Waals surface area contributed by atoms with Crippen molar-refractivity contribution in [3.8, 4) is 0 Å². The van der Waals surface area contributed by atoms with Gasteiger partial charge in [-0.15, -0.1) is 0 Å². The van der Waals surface area contributed by atoms with Crippen LogP contribution < -0.4 is 15.5 Å². The lowest BCUT2D eigenvalue weighted by Gasteiger charge is -2.31. The number of anilines is 2. The molecule has 1 aromatic carbocycles. The number of urea groups is 1. The van der Waals surface area contributed by atoms with Crippen LogP contribution in [0.5, 0.6) is 0 Å². The lowest BCUT2D eigenvalue weighted by molar-refractivity contribution is 0.251. The van der Waals surface area contributed by atoms with Crippen LogP contribution in [0, 0.1) is 12.8 Å². The van der Waals surface area contributed by atoms with Crippen molar-refractivity contribution in [1.82, 2.24) is 15.1 Å². The molecular weight excluding hydrogens is 314 g/mol. The van der Waals surface area contributed by atoms with Gasteiger partial charge in [0.15, 0.2) is 0 Å². The Morgan fingerprint density at radius 1 is 1.32 bits per heavy atom. The average Bonchev–Trinajstić information content (AvgIpc) is 3.29. The first-order valence-electron chi connectivity index (χ1n) is 9.00. The van der Waals surface area contributed by atoms with Crippen molar-refractivity contribution in [3.63, 3.8) is 0 Å². The van der Waals surface area contributed by atoms with Crippen molar-refractivity contribution in [2.45, 2.75) is 38.8 Å². The monoisotopic (exact) mass is 339 g/mol. The van der Waals surface area contributed by atoms with Gasteiger partial charge in [0.1, 0.15) is 0 Å². The van der Waals surface area contributed by atoms with E-state index in [2.05, 4.69) is 26.7 Å². The molecule has 2 atom stereocenters. The maximum absolute atomic E-state index is 12.4. The Kier molecular flexibility index (Phi) is 4.11. The summed E-state index contributed by atoms with van der Waals surface area (Å²) in [6.45, 7) is 3.52. The zero-order chi connectivity index (χ0) is 17.4. The van der Waals surface area contributed by atoms with E-state index in [1.54, 1.807) is 4.68 Å². The standard InChI is InChI=1S/C19H25N5O/c1-13-9-16(23(2)22-13)11-20-19(25)21-17-5-3-4-6-18(17)24-12-14-7-8-15(24)10-14/h3-6,9,14-15H,7-8,10-12H2,1-2H3,(H2,20,21,25)/t14-,15-/m0/s1. The molecule has 2 heterocycles. The smallest absolute Gasteiger partial charge is 0.319 e. The number of fused-ring (bicyclic) bond motifs is 2. The van der Waals surface area contributed by atoms with Crippen LogP contribution in [0.25, 0.3) is 0 Å². The number of para-hydroxylation sites is 2. The summed E-state index contributed by atoms with van der Waals surface area (Å²) < 4.78 is 1.80. The van der Waals surface area contributed by atoms with Gasteiger partial charge in [-0.25, -0.2) is 4.79 Å². The summed E-state index contributed by atoms with van der Waals surface area (Å²) in [6.07, 6.45) is 3.91. The fraction of sp³-hybridized carbons (Fsp3) is 0.474. The van der Waals surface area contributed by atoms with Crippen molar-refractivity contribution in [2.75, 3.05) is 16.8 Å². The number of piperidine rings is 1. The Morgan fingerprint density at radius 2 is 2.16 bits per heavy atom. The molecule has 2 aliphatic rings. The van der Waals surface area contributed by atoms with Crippen molar-refractivity contribution in [1.29, 1.82) is 0 Å². The number of amides is 2. The number of hydrogen-bond donors (Lipinski definition) is 2. The van der Waals surface area contributed by atoms with Crippen LogP contribution in [-0.4, -0.2) is 28.4 Å². The minimum atomic E-state index is -0.185. The lowest BCUT2D eigenvalue weighted by atomic mass is 10.1. The lowest BCUT2D eigenvalue weighted by Crippen LogP contribution is -2.34. The van der Waals surface area contributed by atoms with Gasteiger partial charge in [-0.05, 0) is 50.3 Å². The fourth-order valence-electron chi connectivity index (χ4n) is 4.22. The molecule has 2 fully saturated rings. The third-order valence-electron chi connectivity index (χ3n) is 5.40. The third kappa shape index (κ3) is 3.21. The van der Waals surface area contributed by atoms with Crippen molar-refractivity contribution in [2.24, 2.45) is 13.0 Å². The molecule has 2 N–H and O–H groups in total. The van der Waals surface area contributed by atoms with Gasteiger partial charge in [-0.2, -0.15) is 5.10 Å². The zero-order valence-corrected chi connectivity index (χ0v) is 14.8. The van der Waals surface area contributed by atoms with Crippen LogP contribution in [0.2, 0.25) is 0 Å². The highest BCUT2D eigenvalue weighted by Gasteiger charge is 2.38. The summed E-state index contributed by atoms with van der Waals surface area (Å²) in [5.74, 6) is 0.819. The number of carbonyl (C=O) groups is 1. The highest BCUT2D eigenvalue weighted by molar-refractivity contribution is 5.93. The molecule has 2 bridgehead atoms. The quantitative estimate of drug-likeness (QED) is 0.900. The van der Waals surface area contributed by atoms with E-state index in [1.807, 2.05) is 38.2 Å². The Hall–Kier alpha value is -2.50. The normalized spacial score (nSPS) is 21.6. The van der Waals surface area contributed by atoms with Crippen LogP contribution in [-0.2, 0) is 13.6 Å². The first kappa shape index (κ1) is 16.0. The number of hydrogen-bond acceptors (Lipinski definition) is 3. The van der Waals surface area contributed by atoms with Gasteiger partial charge in [0.05, 0.1) is 29.3 Å². The second-order valence-electron chi connectivity index (χ2n) is 7.21. The maximum Gasteiger partial charge on any atom is 0.319 e. The van der Waals surface area contributed by atoms with E-state index in [9.17, 15) is 4.79 Å². The molecule has 1 aromatic heterocycles. The molecule has 0 radical (unpaired) electrons. The average molecular weight is 339 g/mol. The molecule has 1 saturated heterocycles. The SMILES string of the molecule is Cc1cc(CNC(=O)Nc2ccccc2N2C[C@H]3CC[C@H]2C3)n(C)n1. The van der Waals surface area contributed by atoms with Gasteiger partial charge in [0.25, 0.3) is 0 Å². The molecule has 0 unspecified atom stereocenters.